The number of nitrogens with one attached hydrogen (secondary N) is 1. The van der Waals surface area contributed by atoms with Gasteiger partial charge in [0.15, 0.2) is 0 Å². The Hall–Kier alpha value is -0.900. The Morgan fingerprint density at radius 1 is 1.24 bits per heavy atom. The van der Waals surface area contributed by atoms with Crippen LogP contribution in [0.4, 0.5) is 0 Å². The van der Waals surface area contributed by atoms with Crippen LogP contribution >= 0.6 is 22.9 Å². The number of hydrogen-bond donors (Lipinski definition) is 1. The van der Waals surface area contributed by atoms with Crippen molar-refractivity contribution in [1.29, 1.82) is 0 Å². The van der Waals surface area contributed by atoms with Crippen molar-refractivity contribution in [2.24, 2.45) is 0 Å². The van der Waals surface area contributed by atoms with E-state index in [0.29, 0.717) is 5.92 Å². The normalized spacial score (nSPS) is 12.6. The lowest BCUT2D eigenvalue weighted by Crippen LogP contribution is -2.23. The molecule has 2 nitrogen and oxygen atoms in total. The maximum atomic E-state index is 6.00. The van der Waals surface area contributed by atoms with Crippen molar-refractivity contribution < 1.29 is 0 Å². The molecule has 1 aromatic heterocycles. The number of rotatable bonds is 7. The summed E-state index contributed by atoms with van der Waals surface area (Å²) in [5.41, 5.74) is 2.49. The first-order valence-electron chi connectivity index (χ1n) is 7.49. The monoisotopic (exact) mass is 322 g/mol. The van der Waals surface area contributed by atoms with Crippen LogP contribution in [0.25, 0.3) is 0 Å². The van der Waals surface area contributed by atoms with Crippen molar-refractivity contribution in [2.75, 3.05) is 13.1 Å². The maximum Gasteiger partial charge on any atom is 0.0937 e. The van der Waals surface area contributed by atoms with E-state index in [1.54, 1.807) is 0 Å². The number of benzene rings is 1. The minimum Gasteiger partial charge on any atom is -0.316 e. The van der Waals surface area contributed by atoms with Crippen LogP contribution in [-0.2, 0) is 6.42 Å². The van der Waals surface area contributed by atoms with E-state index in [4.69, 9.17) is 11.6 Å². The van der Waals surface area contributed by atoms with Gasteiger partial charge in [-0.1, -0.05) is 30.7 Å². The SMILES string of the molecule is CCCNCC(Cc1nc(C)c(C)s1)c1ccc(Cl)cc1. The lowest BCUT2D eigenvalue weighted by molar-refractivity contribution is 0.575. The molecule has 0 aliphatic carbocycles. The van der Waals surface area contributed by atoms with Gasteiger partial charge in [0.2, 0.25) is 0 Å². The van der Waals surface area contributed by atoms with Crippen LogP contribution in [0.1, 0.15) is 40.4 Å². The number of hydrogen-bond acceptors (Lipinski definition) is 3. The molecule has 2 aromatic rings. The minimum absolute atomic E-state index is 0.443. The quantitative estimate of drug-likeness (QED) is 0.745. The molecule has 114 valence electrons. The highest BCUT2D eigenvalue weighted by Crippen LogP contribution is 2.25. The second-order valence-corrected chi connectivity index (χ2v) is 7.13. The largest absolute Gasteiger partial charge is 0.316 e. The predicted octanol–water partition coefficient (Wildman–Crippen LogP) is 4.74. The molecule has 1 atom stereocenters. The van der Waals surface area contributed by atoms with Gasteiger partial charge < -0.3 is 5.32 Å². The average Bonchev–Trinajstić information content (AvgIpc) is 2.77. The third-order valence-electron chi connectivity index (χ3n) is 3.65. The molecule has 1 aromatic carbocycles. The fraction of sp³-hybridized carbons (Fsp3) is 0.471. The van der Waals surface area contributed by atoms with Crippen LogP contribution in [-0.4, -0.2) is 18.1 Å². The molecule has 0 saturated heterocycles. The van der Waals surface area contributed by atoms with Gasteiger partial charge in [-0.05, 0) is 44.5 Å². The summed E-state index contributed by atoms with van der Waals surface area (Å²) in [6.45, 7) is 8.45. The molecular formula is C17H23ClN2S. The number of nitrogens with zero attached hydrogens (tertiary/aromatic N) is 1. The molecule has 1 N–H and O–H groups in total. The van der Waals surface area contributed by atoms with Crippen molar-refractivity contribution in [1.82, 2.24) is 10.3 Å². The molecule has 0 amide bonds. The number of aromatic nitrogens is 1. The van der Waals surface area contributed by atoms with Gasteiger partial charge in [-0.3, -0.25) is 0 Å². The molecule has 0 saturated carbocycles. The van der Waals surface area contributed by atoms with Crippen molar-refractivity contribution in [3.05, 3.63) is 50.4 Å². The highest BCUT2D eigenvalue weighted by molar-refractivity contribution is 7.11. The van der Waals surface area contributed by atoms with Crippen LogP contribution in [0.2, 0.25) is 5.02 Å². The van der Waals surface area contributed by atoms with Crippen molar-refractivity contribution in [3.8, 4) is 0 Å². The molecule has 0 bridgehead atoms. The zero-order chi connectivity index (χ0) is 15.2. The maximum absolute atomic E-state index is 6.00. The van der Waals surface area contributed by atoms with Gasteiger partial charge in [-0.2, -0.15) is 0 Å². The summed E-state index contributed by atoms with van der Waals surface area (Å²) in [5.74, 6) is 0.443. The molecule has 0 spiro atoms. The molecule has 0 radical (unpaired) electrons. The first-order chi connectivity index (χ1) is 10.1. The van der Waals surface area contributed by atoms with Crippen LogP contribution in [0.5, 0.6) is 0 Å². The Morgan fingerprint density at radius 2 is 1.95 bits per heavy atom. The Kier molecular flexibility index (Phi) is 6.22. The second kappa shape index (κ2) is 7.92. The summed E-state index contributed by atoms with van der Waals surface area (Å²) >= 11 is 7.82. The average molecular weight is 323 g/mol. The first kappa shape index (κ1) is 16.5. The van der Waals surface area contributed by atoms with Crippen molar-refractivity contribution >= 4 is 22.9 Å². The van der Waals surface area contributed by atoms with Crippen LogP contribution in [0.3, 0.4) is 0 Å². The van der Waals surface area contributed by atoms with E-state index >= 15 is 0 Å². The number of aryl methyl sites for hydroxylation is 2. The van der Waals surface area contributed by atoms with Crippen LogP contribution < -0.4 is 5.32 Å². The van der Waals surface area contributed by atoms with E-state index in [0.717, 1.165) is 36.6 Å². The Labute approximate surface area is 136 Å². The van der Waals surface area contributed by atoms with Gasteiger partial charge >= 0.3 is 0 Å². The Balaban J connectivity index is 2.12. The summed E-state index contributed by atoms with van der Waals surface area (Å²) in [6.07, 6.45) is 2.14. The Morgan fingerprint density at radius 3 is 2.52 bits per heavy atom. The molecule has 0 fully saturated rings. The predicted molar refractivity (Wildman–Crippen MR) is 92.6 cm³/mol. The lowest BCUT2D eigenvalue weighted by atomic mass is 9.96. The van der Waals surface area contributed by atoms with E-state index in [9.17, 15) is 0 Å². The zero-order valence-corrected chi connectivity index (χ0v) is 14.5. The van der Waals surface area contributed by atoms with Crippen molar-refractivity contribution in [2.45, 2.75) is 39.5 Å². The van der Waals surface area contributed by atoms with Gasteiger partial charge in [0.25, 0.3) is 0 Å². The van der Waals surface area contributed by atoms with Crippen LogP contribution in [0.15, 0.2) is 24.3 Å². The molecule has 21 heavy (non-hydrogen) atoms. The number of halogens is 1. The summed E-state index contributed by atoms with van der Waals surface area (Å²) in [4.78, 5) is 6.01. The standard InChI is InChI=1S/C17H23ClN2S/c1-4-9-19-11-15(14-5-7-16(18)8-6-14)10-17-20-12(2)13(3)21-17/h5-8,15,19H,4,9-11H2,1-3H3. The minimum atomic E-state index is 0.443. The van der Waals surface area contributed by atoms with Crippen molar-refractivity contribution in [3.63, 3.8) is 0 Å². The third-order valence-corrected chi connectivity index (χ3v) is 5.00. The lowest BCUT2D eigenvalue weighted by Gasteiger charge is -2.17. The fourth-order valence-electron chi connectivity index (χ4n) is 2.33. The van der Waals surface area contributed by atoms with Gasteiger partial charge in [0.05, 0.1) is 10.7 Å². The van der Waals surface area contributed by atoms with Crippen LogP contribution in [0, 0.1) is 13.8 Å². The molecule has 0 aliphatic rings. The first-order valence-corrected chi connectivity index (χ1v) is 8.68. The summed E-state index contributed by atoms with van der Waals surface area (Å²) in [5, 5.41) is 5.55. The summed E-state index contributed by atoms with van der Waals surface area (Å²) in [7, 11) is 0. The molecule has 1 unspecified atom stereocenters. The van der Waals surface area contributed by atoms with Gasteiger partial charge in [0.1, 0.15) is 0 Å². The molecule has 1 heterocycles. The number of thiazole rings is 1. The van der Waals surface area contributed by atoms with Gasteiger partial charge in [-0.15, -0.1) is 11.3 Å². The second-order valence-electron chi connectivity index (χ2n) is 5.41. The summed E-state index contributed by atoms with van der Waals surface area (Å²) in [6, 6.07) is 8.21. The Bertz CT molecular complexity index is 543. The van der Waals surface area contributed by atoms with E-state index < -0.39 is 0 Å². The van der Waals surface area contributed by atoms with E-state index in [-0.39, 0.29) is 0 Å². The molecular weight excluding hydrogens is 300 g/mol. The molecule has 0 aliphatic heterocycles. The topological polar surface area (TPSA) is 24.9 Å². The molecule has 4 heteroatoms. The highest BCUT2D eigenvalue weighted by atomic mass is 35.5. The van der Waals surface area contributed by atoms with E-state index in [1.807, 2.05) is 23.5 Å². The van der Waals surface area contributed by atoms with E-state index in [2.05, 4.69) is 43.2 Å². The highest BCUT2D eigenvalue weighted by Gasteiger charge is 2.15. The van der Waals surface area contributed by atoms with E-state index in [1.165, 1.54) is 15.4 Å². The van der Waals surface area contributed by atoms with Gasteiger partial charge in [-0.25, -0.2) is 4.98 Å². The smallest absolute Gasteiger partial charge is 0.0937 e. The molecule has 2 rings (SSSR count). The summed E-state index contributed by atoms with van der Waals surface area (Å²) < 4.78 is 0. The zero-order valence-electron chi connectivity index (χ0n) is 12.9. The van der Waals surface area contributed by atoms with Gasteiger partial charge in [0, 0.05) is 28.8 Å². The third kappa shape index (κ3) is 4.80. The fourth-order valence-corrected chi connectivity index (χ4v) is 3.47.